The molecule has 0 saturated carbocycles. The van der Waals surface area contributed by atoms with E-state index >= 15 is 0 Å². The summed E-state index contributed by atoms with van der Waals surface area (Å²) >= 11 is 6.69. The first-order chi connectivity index (χ1) is 12.4. The third-order valence-electron chi connectivity index (χ3n) is 3.54. The van der Waals surface area contributed by atoms with Crippen LogP contribution in [0.1, 0.15) is 17.5 Å². The minimum absolute atomic E-state index is 0.123. The van der Waals surface area contributed by atoms with Crippen molar-refractivity contribution < 1.29 is 31.5 Å². The van der Waals surface area contributed by atoms with Gasteiger partial charge in [0.05, 0.1) is 10.5 Å². The Kier molecular flexibility index (Phi) is 6.49. The predicted octanol–water partition coefficient (Wildman–Crippen LogP) is 4.93. The Bertz CT molecular complexity index is 973. The Morgan fingerprint density at radius 3 is 2.37 bits per heavy atom. The number of alkyl halides is 3. The molecule has 4 nitrogen and oxygen atoms in total. The highest BCUT2D eigenvalue weighted by Gasteiger charge is 2.35. The largest absolute Gasteiger partial charge is 0.481 e. The SMILES string of the molecule is CS(=O)(=O)c1ccc(Sc2cc(Cl)ccc2CCC(=O)O)c(C(F)(F)F)c1. The molecular weight excluding hydrogens is 425 g/mol. The van der Waals surface area contributed by atoms with Crippen LogP contribution in [-0.4, -0.2) is 25.7 Å². The van der Waals surface area contributed by atoms with Crippen LogP contribution in [0.3, 0.4) is 0 Å². The van der Waals surface area contributed by atoms with Gasteiger partial charge in [0, 0.05) is 27.5 Å². The minimum atomic E-state index is -4.76. The van der Waals surface area contributed by atoms with E-state index in [4.69, 9.17) is 16.7 Å². The first kappa shape index (κ1) is 21.6. The average molecular weight is 439 g/mol. The third kappa shape index (κ3) is 5.88. The van der Waals surface area contributed by atoms with E-state index in [1.165, 1.54) is 12.1 Å². The van der Waals surface area contributed by atoms with E-state index < -0.39 is 32.4 Å². The standard InChI is InChI=1S/C17H14ClF3O4S2/c1-27(24,25)12-5-6-14(13(9-12)17(19,20)21)26-15-8-11(18)4-2-10(15)3-7-16(22)23/h2,4-6,8-9H,3,7H2,1H3,(H,22,23). The van der Waals surface area contributed by atoms with Crippen molar-refractivity contribution in [2.75, 3.05) is 6.26 Å². The number of benzene rings is 2. The second-order valence-electron chi connectivity index (χ2n) is 5.68. The number of aryl methyl sites for hydroxylation is 1. The number of rotatable bonds is 6. The molecule has 0 aliphatic heterocycles. The molecule has 0 aliphatic carbocycles. The van der Waals surface area contributed by atoms with E-state index in [0.29, 0.717) is 16.5 Å². The lowest BCUT2D eigenvalue weighted by atomic mass is 10.1. The number of hydrogen-bond donors (Lipinski definition) is 1. The molecular formula is C17H14ClF3O4S2. The second-order valence-corrected chi connectivity index (χ2v) is 9.21. The van der Waals surface area contributed by atoms with Gasteiger partial charge in [-0.2, -0.15) is 13.2 Å². The van der Waals surface area contributed by atoms with Gasteiger partial charge in [-0.3, -0.25) is 4.79 Å². The monoisotopic (exact) mass is 438 g/mol. The third-order valence-corrected chi connectivity index (χ3v) is 6.06. The Morgan fingerprint density at radius 2 is 1.81 bits per heavy atom. The van der Waals surface area contributed by atoms with E-state index in [0.717, 1.165) is 30.2 Å². The van der Waals surface area contributed by atoms with Crippen LogP contribution in [0.4, 0.5) is 13.2 Å². The fourth-order valence-electron chi connectivity index (χ4n) is 2.24. The lowest BCUT2D eigenvalue weighted by Crippen LogP contribution is -2.09. The molecule has 146 valence electrons. The zero-order valence-electron chi connectivity index (χ0n) is 13.9. The number of carboxylic acid groups (broad SMARTS) is 1. The van der Waals surface area contributed by atoms with Gasteiger partial charge in [0.1, 0.15) is 0 Å². The van der Waals surface area contributed by atoms with Crippen LogP contribution in [0, 0.1) is 0 Å². The van der Waals surface area contributed by atoms with Gasteiger partial charge >= 0.3 is 12.1 Å². The van der Waals surface area contributed by atoms with E-state index in [9.17, 15) is 26.4 Å². The van der Waals surface area contributed by atoms with Gasteiger partial charge in [0.25, 0.3) is 0 Å². The van der Waals surface area contributed by atoms with Gasteiger partial charge in [0.15, 0.2) is 9.84 Å². The highest BCUT2D eigenvalue weighted by atomic mass is 35.5. The number of sulfone groups is 1. The highest BCUT2D eigenvalue weighted by Crippen LogP contribution is 2.42. The van der Waals surface area contributed by atoms with E-state index in [2.05, 4.69) is 0 Å². The Morgan fingerprint density at radius 1 is 1.15 bits per heavy atom. The first-order valence-corrected chi connectivity index (χ1v) is 10.6. The van der Waals surface area contributed by atoms with Gasteiger partial charge in [-0.05, 0) is 42.3 Å². The van der Waals surface area contributed by atoms with Crippen molar-refractivity contribution in [2.45, 2.75) is 33.7 Å². The van der Waals surface area contributed by atoms with Gasteiger partial charge in [-0.25, -0.2) is 8.42 Å². The van der Waals surface area contributed by atoms with Crippen molar-refractivity contribution in [3.05, 3.63) is 52.5 Å². The lowest BCUT2D eigenvalue weighted by Gasteiger charge is -2.15. The zero-order valence-corrected chi connectivity index (χ0v) is 16.3. The molecule has 0 aromatic heterocycles. The number of hydrogen-bond acceptors (Lipinski definition) is 4. The molecule has 0 bridgehead atoms. The molecule has 0 fully saturated rings. The maximum Gasteiger partial charge on any atom is 0.417 e. The smallest absolute Gasteiger partial charge is 0.417 e. The molecule has 0 heterocycles. The number of carbonyl (C=O) groups is 1. The highest BCUT2D eigenvalue weighted by molar-refractivity contribution is 7.99. The van der Waals surface area contributed by atoms with Crippen LogP contribution in [0.5, 0.6) is 0 Å². The average Bonchev–Trinajstić information content (AvgIpc) is 2.52. The minimum Gasteiger partial charge on any atom is -0.481 e. The maximum absolute atomic E-state index is 13.4. The summed E-state index contributed by atoms with van der Waals surface area (Å²) in [4.78, 5) is 10.5. The number of halogens is 4. The van der Waals surface area contributed by atoms with Crippen LogP contribution in [0.2, 0.25) is 5.02 Å². The van der Waals surface area contributed by atoms with Crippen LogP contribution in [-0.2, 0) is 27.2 Å². The molecule has 10 heteroatoms. The first-order valence-electron chi connectivity index (χ1n) is 7.47. The molecule has 0 unspecified atom stereocenters. The predicted molar refractivity (Wildman–Crippen MR) is 96.1 cm³/mol. The van der Waals surface area contributed by atoms with Gasteiger partial charge in [0.2, 0.25) is 0 Å². The Labute approximate surface area is 163 Å². The van der Waals surface area contributed by atoms with Crippen LogP contribution in [0.25, 0.3) is 0 Å². The fourth-order valence-corrected chi connectivity index (χ4v) is 4.27. The summed E-state index contributed by atoms with van der Waals surface area (Å²) in [7, 11) is -3.80. The summed E-state index contributed by atoms with van der Waals surface area (Å²) < 4.78 is 63.5. The summed E-state index contributed by atoms with van der Waals surface area (Å²) in [6.45, 7) is 0. The molecule has 1 N–H and O–H groups in total. The van der Waals surface area contributed by atoms with Gasteiger partial charge in [-0.1, -0.05) is 29.4 Å². The van der Waals surface area contributed by atoms with Crippen molar-refractivity contribution in [1.29, 1.82) is 0 Å². The van der Waals surface area contributed by atoms with Crippen molar-refractivity contribution in [3.63, 3.8) is 0 Å². The number of aliphatic carboxylic acids is 1. The topological polar surface area (TPSA) is 71.4 Å². The van der Waals surface area contributed by atoms with Crippen molar-refractivity contribution in [3.8, 4) is 0 Å². The van der Waals surface area contributed by atoms with Crippen LogP contribution in [0.15, 0.2) is 51.1 Å². The molecule has 27 heavy (non-hydrogen) atoms. The number of carboxylic acids is 1. The summed E-state index contributed by atoms with van der Waals surface area (Å²) in [6.07, 6.45) is -3.99. The molecule has 0 radical (unpaired) electrons. The second kappa shape index (κ2) is 8.12. The van der Waals surface area contributed by atoms with Crippen molar-refractivity contribution in [1.82, 2.24) is 0 Å². The van der Waals surface area contributed by atoms with E-state index in [1.54, 1.807) is 6.07 Å². The molecule has 2 aromatic rings. The molecule has 0 atom stereocenters. The molecule has 2 aromatic carbocycles. The Hall–Kier alpha value is -1.71. The Balaban J connectivity index is 2.51. The van der Waals surface area contributed by atoms with Gasteiger partial charge in [-0.15, -0.1) is 0 Å². The van der Waals surface area contributed by atoms with E-state index in [-0.39, 0.29) is 22.8 Å². The zero-order chi connectivity index (χ0) is 20.4. The quantitative estimate of drug-likeness (QED) is 0.692. The lowest BCUT2D eigenvalue weighted by molar-refractivity contribution is -0.140. The fraction of sp³-hybridized carbons (Fsp3) is 0.235. The van der Waals surface area contributed by atoms with Crippen LogP contribution >= 0.6 is 23.4 Å². The molecule has 0 amide bonds. The summed E-state index contributed by atoms with van der Waals surface area (Å²) in [5.41, 5.74) is -0.549. The van der Waals surface area contributed by atoms with Crippen molar-refractivity contribution in [2.24, 2.45) is 0 Å². The summed E-state index contributed by atoms with van der Waals surface area (Å²) in [5.74, 6) is -1.03. The molecule has 0 spiro atoms. The normalized spacial score (nSPS) is 12.2. The summed E-state index contributed by atoms with van der Waals surface area (Å²) in [5, 5.41) is 9.12. The van der Waals surface area contributed by atoms with Crippen LogP contribution < -0.4 is 0 Å². The molecule has 0 aliphatic rings. The molecule has 0 saturated heterocycles. The van der Waals surface area contributed by atoms with E-state index in [1.807, 2.05) is 0 Å². The van der Waals surface area contributed by atoms with Gasteiger partial charge < -0.3 is 5.11 Å². The van der Waals surface area contributed by atoms with Crippen molar-refractivity contribution >= 4 is 39.2 Å². The molecule has 2 rings (SSSR count). The summed E-state index contributed by atoms with van der Waals surface area (Å²) in [6, 6.07) is 7.33. The maximum atomic E-state index is 13.4.